The molecule has 2 heterocycles. The van der Waals surface area contributed by atoms with E-state index in [-0.39, 0.29) is 0 Å². The molecule has 0 aliphatic carbocycles. The Labute approximate surface area is 159 Å². The lowest BCUT2D eigenvalue weighted by Gasteiger charge is -2.27. The second-order valence-electron chi connectivity index (χ2n) is 6.02. The SMILES string of the molecule is CO[C@@H]1CCN(Cc2nccs2)[C@H]1Cc1ccccc1.O=C(O)C(F)(F)F. The van der Waals surface area contributed by atoms with E-state index in [2.05, 4.69) is 40.2 Å². The topological polar surface area (TPSA) is 62.7 Å². The van der Waals surface area contributed by atoms with Gasteiger partial charge in [-0.05, 0) is 18.4 Å². The number of nitrogens with zero attached hydrogens (tertiary/aromatic N) is 2. The molecule has 0 saturated carbocycles. The van der Waals surface area contributed by atoms with Crippen LogP contribution in [0.3, 0.4) is 0 Å². The van der Waals surface area contributed by atoms with E-state index in [1.807, 2.05) is 18.7 Å². The van der Waals surface area contributed by atoms with Gasteiger partial charge in [0.2, 0.25) is 0 Å². The Hall–Kier alpha value is -1.97. The van der Waals surface area contributed by atoms with Crippen molar-refractivity contribution >= 4 is 17.3 Å². The Morgan fingerprint density at radius 1 is 1.37 bits per heavy atom. The molecule has 5 nitrogen and oxygen atoms in total. The van der Waals surface area contributed by atoms with Crippen LogP contribution in [0.4, 0.5) is 13.2 Å². The lowest BCUT2D eigenvalue weighted by Crippen LogP contribution is -2.37. The first-order valence-corrected chi connectivity index (χ1v) is 9.18. The Bertz CT molecular complexity index is 696. The average molecular weight is 402 g/mol. The summed E-state index contributed by atoms with van der Waals surface area (Å²) in [6.45, 7) is 2.03. The van der Waals surface area contributed by atoms with Gasteiger partial charge in [0.1, 0.15) is 5.01 Å². The molecule has 1 aromatic heterocycles. The zero-order valence-electron chi connectivity index (χ0n) is 14.7. The number of carboxylic acids is 1. The zero-order valence-corrected chi connectivity index (χ0v) is 15.5. The number of aromatic nitrogens is 1. The maximum Gasteiger partial charge on any atom is 0.490 e. The van der Waals surface area contributed by atoms with Crippen LogP contribution in [0.1, 0.15) is 17.0 Å². The third kappa shape index (κ3) is 6.60. The van der Waals surface area contributed by atoms with Crippen molar-refractivity contribution in [3.05, 3.63) is 52.5 Å². The van der Waals surface area contributed by atoms with Crippen molar-refractivity contribution in [2.75, 3.05) is 13.7 Å². The largest absolute Gasteiger partial charge is 0.490 e. The van der Waals surface area contributed by atoms with Gasteiger partial charge in [-0.3, -0.25) is 4.90 Å². The molecule has 0 amide bonds. The summed E-state index contributed by atoms with van der Waals surface area (Å²) in [5.41, 5.74) is 1.38. The summed E-state index contributed by atoms with van der Waals surface area (Å²) in [5.74, 6) is -2.76. The van der Waals surface area contributed by atoms with Crippen LogP contribution in [-0.4, -0.2) is 52.9 Å². The minimum Gasteiger partial charge on any atom is -0.475 e. The standard InChI is InChI=1S/C16H20N2OS.C2HF3O2/c1-19-15-7-9-18(12-16-17-8-10-20-16)14(15)11-13-5-3-2-4-6-13;3-2(4,5)1(6)7/h2-6,8,10,14-15H,7,9,11-12H2,1H3;(H,6,7)/t14-,15+;/m0./s1. The number of ether oxygens (including phenoxy) is 1. The molecule has 3 rings (SSSR count). The molecule has 1 aromatic carbocycles. The van der Waals surface area contributed by atoms with Crippen LogP contribution in [0, 0.1) is 0 Å². The summed E-state index contributed by atoms with van der Waals surface area (Å²) in [4.78, 5) is 15.8. The molecular formula is C18H21F3N2O3S. The van der Waals surface area contributed by atoms with Gasteiger partial charge in [0.15, 0.2) is 0 Å². The number of rotatable bonds is 5. The summed E-state index contributed by atoms with van der Waals surface area (Å²) in [6.07, 6.45) is -0.713. The highest BCUT2D eigenvalue weighted by Gasteiger charge is 2.38. The van der Waals surface area contributed by atoms with Crippen molar-refractivity contribution in [2.45, 2.75) is 37.7 Å². The van der Waals surface area contributed by atoms with E-state index in [4.69, 9.17) is 14.6 Å². The van der Waals surface area contributed by atoms with Crippen molar-refractivity contribution in [1.82, 2.24) is 9.88 Å². The molecule has 0 spiro atoms. The lowest BCUT2D eigenvalue weighted by atomic mass is 10.0. The number of likely N-dealkylation sites (tertiary alicyclic amines) is 1. The molecule has 1 aliphatic rings. The van der Waals surface area contributed by atoms with Crippen LogP contribution in [0.15, 0.2) is 41.9 Å². The highest BCUT2D eigenvalue weighted by Crippen LogP contribution is 2.26. The van der Waals surface area contributed by atoms with E-state index in [0.29, 0.717) is 12.1 Å². The second kappa shape index (κ2) is 9.82. The van der Waals surface area contributed by atoms with Gasteiger partial charge in [0, 0.05) is 31.3 Å². The molecule has 1 fully saturated rings. The number of hydrogen-bond acceptors (Lipinski definition) is 5. The van der Waals surface area contributed by atoms with E-state index < -0.39 is 12.1 Å². The first-order chi connectivity index (χ1) is 12.8. The normalized spacial score (nSPS) is 20.1. The minimum absolute atomic E-state index is 0.329. The fourth-order valence-corrected chi connectivity index (χ4v) is 3.62. The van der Waals surface area contributed by atoms with Crippen molar-refractivity contribution in [1.29, 1.82) is 0 Å². The minimum atomic E-state index is -5.08. The Morgan fingerprint density at radius 2 is 2.04 bits per heavy atom. The van der Waals surface area contributed by atoms with Crippen LogP contribution >= 0.6 is 11.3 Å². The predicted octanol–water partition coefficient (Wildman–Crippen LogP) is 3.61. The third-order valence-electron chi connectivity index (χ3n) is 4.25. The molecule has 0 unspecified atom stereocenters. The Balaban J connectivity index is 0.000000321. The molecule has 2 aromatic rings. The monoisotopic (exact) mass is 402 g/mol. The highest BCUT2D eigenvalue weighted by molar-refractivity contribution is 7.09. The van der Waals surface area contributed by atoms with Crippen LogP contribution in [0.2, 0.25) is 0 Å². The van der Waals surface area contributed by atoms with E-state index in [1.165, 1.54) is 10.6 Å². The van der Waals surface area contributed by atoms with Crippen LogP contribution in [-0.2, 0) is 22.5 Å². The summed E-state index contributed by atoms with van der Waals surface area (Å²) >= 11 is 1.73. The first kappa shape index (κ1) is 21.3. The van der Waals surface area contributed by atoms with Gasteiger partial charge in [-0.1, -0.05) is 30.3 Å². The number of hydrogen-bond donors (Lipinski definition) is 1. The van der Waals surface area contributed by atoms with Gasteiger partial charge < -0.3 is 9.84 Å². The number of carbonyl (C=O) groups is 1. The van der Waals surface area contributed by atoms with Crippen LogP contribution < -0.4 is 0 Å². The van der Waals surface area contributed by atoms with Crippen molar-refractivity contribution in [2.24, 2.45) is 0 Å². The number of benzene rings is 1. The number of carboxylic acid groups (broad SMARTS) is 1. The van der Waals surface area contributed by atoms with Crippen LogP contribution in [0.5, 0.6) is 0 Å². The molecule has 1 saturated heterocycles. The predicted molar refractivity (Wildman–Crippen MR) is 95.6 cm³/mol. The van der Waals surface area contributed by atoms with Crippen LogP contribution in [0.25, 0.3) is 0 Å². The van der Waals surface area contributed by atoms with Gasteiger partial charge >= 0.3 is 12.1 Å². The van der Waals surface area contributed by atoms with E-state index in [1.54, 1.807) is 11.3 Å². The maximum atomic E-state index is 10.6. The molecule has 0 bridgehead atoms. The Kier molecular flexibility index (Phi) is 7.76. The molecule has 1 aliphatic heterocycles. The quantitative estimate of drug-likeness (QED) is 0.828. The van der Waals surface area contributed by atoms with E-state index >= 15 is 0 Å². The van der Waals surface area contributed by atoms with E-state index in [9.17, 15) is 13.2 Å². The highest BCUT2D eigenvalue weighted by atomic mass is 32.1. The number of halogens is 3. The van der Waals surface area contributed by atoms with E-state index in [0.717, 1.165) is 25.9 Å². The summed E-state index contributed by atoms with van der Waals surface area (Å²) < 4.78 is 37.4. The van der Waals surface area contributed by atoms with Gasteiger partial charge in [0.05, 0.1) is 12.6 Å². The lowest BCUT2D eigenvalue weighted by molar-refractivity contribution is -0.192. The molecule has 9 heteroatoms. The molecular weight excluding hydrogens is 381 g/mol. The smallest absolute Gasteiger partial charge is 0.475 e. The number of thiazole rings is 1. The number of aliphatic carboxylic acids is 1. The van der Waals surface area contributed by atoms with Gasteiger partial charge in [0.25, 0.3) is 0 Å². The maximum absolute atomic E-state index is 10.6. The molecule has 1 N–H and O–H groups in total. The first-order valence-electron chi connectivity index (χ1n) is 8.30. The third-order valence-corrected chi connectivity index (χ3v) is 5.02. The summed E-state index contributed by atoms with van der Waals surface area (Å²) in [7, 11) is 1.83. The fraction of sp³-hybridized carbons (Fsp3) is 0.444. The van der Waals surface area contributed by atoms with Gasteiger partial charge in [-0.25, -0.2) is 9.78 Å². The molecule has 0 radical (unpaired) electrons. The molecule has 27 heavy (non-hydrogen) atoms. The molecule has 2 atom stereocenters. The van der Waals surface area contributed by atoms with Gasteiger partial charge in [-0.2, -0.15) is 13.2 Å². The average Bonchev–Trinajstić information content (AvgIpc) is 3.26. The van der Waals surface area contributed by atoms with Gasteiger partial charge in [-0.15, -0.1) is 11.3 Å². The second-order valence-corrected chi connectivity index (χ2v) is 7.00. The summed E-state index contributed by atoms with van der Waals surface area (Å²) in [5, 5.41) is 10.4. The molecule has 148 valence electrons. The summed E-state index contributed by atoms with van der Waals surface area (Å²) in [6, 6.07) is 11.1. The number of alkyl halides is 3. The Morgan fingerprint density at radius 3 is 2.56 bits per heavy atom. The van der Waals surface area contributed by atoms with Crippen molar-refractivity contribution < 1.29 is 27.8 Å². The fourth-order valence-electron chi connectivity index (χ4n) is 2.98. The van der Waals surface area contributed by atoms with Crippen molar-refractivity contribution in [3.63, 3.8) is 0 Å². The van der Waals surface area contributed by atoms with Crippen molar-refractivity contribution in [3.8, 4) is 0 Å². The zero-order chi connectivity index (χ0) is 19.9. The number of methoxy groups -OCH3 is 1.